The number of carbonyl (C=O) groups is 2. The van der Waals surface area contributed by atoms with Gasteiger partial charge in [-0.2, -0.15) is 0 Å². The Balaban J connectivity index is 1.35. The van der Waals surface area contributed by atoms with E-state index in [0.717, 1.165) is 24.0 Å². The molecular formula is C43H47Cl2NO4Si. The van der Waals surface area contributed by atoms with Crippen LogP contribution in [0.5, 0.6) is 0 Å². The van der Waals surface area contributed by atoms with E-state index in [0.29, 0.717) is 23.0 Å². The Kier molecular flexibility index (Phi) is 10.7. The summed E-state index contributed by atoms with van der Waals surface area (Å²) in [5.41, 5.74) is 0.931. The molecule has 1 amide bonds. The van der Waals surface area contributed by atoms with Gasteiger partial charge >= 0.3 is 5.97 Å². The first-order chi connectivity index (χ1) is 24.3. The molecule has 0 bridgehead atoms. The highest BCUT2D eigenvalue weighted by Gasteiger charge is 2.56. The minimum atomic E-state index is -2.73. The maximum absolute atomic E-state index is 14.8. The molecule has 6 rings (SSSR count). The van der Waals surface area contributed by atoms with Crippen LogP contribution in [0.25, 0.3) is 0 Å². The number of rotatable bonds is 11. The summed E-state index contributed by atoms with van der Waals surface area (Å²) in [6.07, 6.45) is 2.10. The minimum Gasteiger partial charge on any atom is -0.466 e. The molecule has 4 aromatic carbocycles. The lowest BCUT2D eigenvalue weighted by Crippen LogP contribution is -2.67. The number of carbonyl (C=O) groups excluding carboxylic acids is 2. The van der Waals surface area contributed by atoms with Gasteiger partial charge in [-0.05, 0) is 82.9 Å². The summed E-state index contributed by atoms with van der Waals surface area (Å²) in [6, 6.07) is 36.6. The predicted molar refractivity (Wildman–Crippen MR) is 209 cm³/mol. The zero-order valence-corrected chi connectivity index (χ0v) is 32.6. The molecule has 0 spiro atoms. The number of hydrogen-bond donors (Lipinski definition) is 0. The average molecular weight is 741 g/mol. The number of piperidine rings is 1. The van der Waals surface area contributed by atoms with Crippen LogP contribution in [0.15, 0.2) is 121 Å². The van der Waals surface area contributed by atoms with Gasteiger partial charge in [0.05, 0.1) is 18.6 Å². The number of likely N-dealkylation sites (tertiary alicyclic amines) is 1. The lowest BCUT2D eigenvalue weighted by Gasteiger charge is -2.49. The molecule has 5 nitrogen and oxygen atoms in total. The number of ether oxygens (including phenoxy) is 1. The van der Waals surface area contributed by atoms with Gasteiger partial charge in [-0.1, -0.05) is 135 Å². The van der Waals surface area contributed by atoms with Crippen molar-refractivity contribution >= 4 is 53.8 Å². The number of esters is 1. The molecule has 1 heterocycles. The normalized spacial score (nSPS) is 23.5. The van der Waals surface area contributed by atoms with Crippen molar-refractivity contribution in [3.8, 4) is 0 Å². The molecule has 2 fully saturated rings. The Hall–Kier alpha value is -3.68. The van der Waals surface area contributed by atoms with Gasteiger partial charge in [0.15, 0.2) is 0 Å². The topological polar surface area (TPSA) is 55.8 Å². The first kappa shape index (κ1) is 37.1. The molecule has 2 aliphatic rings. The highest BCUT2D eigenvalue weighted by atomic mass is 35.5. The molecule has 1 saturated heterocycles. The molecule has 1 aliphatic carbocycles. The van der Waals surface area contributed by atoms with Crippen molar-refractivity contribution in [2.45, 2.75) is 70.1 Å². The molecule has 51 heavy (non-hydrogen) atoms. The van der Waals surface area contributed by atoms with Crippen LogP contribution in [0.1, 0.15) is 70.0 Å². The number of nitrogens with zero attached hydrogens (tertiary/aromatic N) is 1. The summed E-state index contributed by atoms with van der Waals surface area (Å²) in [6.45, 7) is 13.3. The fraction of sp³-hybridized carbons (Fsp3) is 0.349. The van der Waals surface area contributed by atoms with Gasteiger partial charge in [0, 0.05) is 34.2 Å². The fourth-order valence-electron chi connectivity index (χ4n) is 8.14. The Morgan fingerprint density at radius 2 is 1.49 bits per heavy atom. The Labute approximate surface area is 313 Å². The van der Waals surface area contributed by atoms with Crippen LogP contribution in [-0.2, 0) is 18.8 Å². The third-order valence-corrected chi connectivity index (χ3v) is 16.6. The zero-order chi connectivity index (χ0) is 36.6. The molecule has 266 valence electrons. The van der Waals surface area contributed by atoms with Gasteiger partial charge in [0.2, 0.25) is 5.91 Å². The standard InChI is InChI=1S/C43H47Cl2NO4Si/c1-29(40(47)49-6)43(5)28-37(31-14-13-15-34(45)26-31)39(30-20-22-33(44)23-21-30)46(41(43)48)25-24-32-27-38(32)50-51(42(2,3)4,35-16-9-7-10-17-35)36-18-11-8-12-19-36/h7-23,26,32,37-39H,1,24-25,27-28H2,2-6H3. The van der Waals surface area contributed by atoms with Crippen LogP contribution in [0.3, 0.4) is 0 Å². The molecule has 1 saturated carbocycles. The Morgan fingerprint density at radius 1 is 0.882 bits per heavy atom. The summed E-state index contributed by atoms with van der Waals surface area (Å²) in [4.78, 5) is 29.8. The van der Waals surface area contributed by atoms with E-state index in [1.165, 1.54) is 17.5 Å². The number of amides is 1. The summed E-state index contributed by atoms with van der Waals surface area (Å²) in [5, 5.41) is 3.61. The van der Waals surface area contributed by atoms with Crippen molar-refractivity contribution in [1.82, 2.24) is 4.90 Å². The van der Waals surface area contributed by atoms with Gasteiger partial charge < -0.3 is 14.1 Å². The van der Waals surface area contributed by atoms with Crippen molar-refractivity contribution in [2.24, 2.45) is 11.3 Å². The second-order valence-corrected chi connectivity index (χ2v) is 20.4. The molecule has 0 N–H and O–H groups in total. The molecule has 5 atom stereocenters. The van der Waals surface area contributed by atoms with Crippen molar-refractivity contribution < 1.29 is 18.8 Å². The van der Waals surface area contributed by atoms with Crippen molar-refractivity contribution in [2.75, 3.05) is 13.7 Å². The third kappa shape index (κ3) is 7.21. The van der Waals surface area contributed by atoms with Crippen molar-refractivity contribution in [3.05, 3.63) is 143 Å². The van der Waals surface area contributed by atoms with Crippen molar-refractivity contribution in [3.63, 3.8) is 0 Å². The van der Waals surface area contributed by atoms with Crippen LogP contribution in [0.2, 0.25) is 15.1 Å². The van der Waals surface area contributed by atoms with E-state index in [-0.39, 0.29) is 40.5 Å². The number of methoxy groups -OCH3 is 1. The highest BCUT2D eigenvalue weighted by Crippen LogP contribution is 2.53. The van der Waals surface area contributed by atoms with E-state index in [4.69, 9.17) is 32.4 Å². The molecule has 0 radical (unpaired) electrons. The fourth-order valence-corrected chi connectivity index (χ4v) is 13.2. The monoisotopic (exact) mass is 739 g/mol. The van der Waals surface area contributed by atoms with Crippen LogP contribution in [0.4, 0.5) is 0 Å². The molecule has 0 aromatic heterocycles. The minimum absolute atomic E-state index is 0.0605. The highest BCUT2D eigenvalue weighted by molar-refractivity contribution is 6.99. The van der Waals surface area contributed by atoms with Crippen LogP contribution < -0.4 is 10.4 Å². The quantitative estimate of drug-likeness (QED) is 0.0875. The van der Waals surface area contributed by atoms with E-state index < -0.39 is 19.7 Å². The Bertz CT molecular complexity index is 1840. The average Bonchev–Trinajstić information content (AvgIpc) is 3.88. The maximum atomic E-state index is 14.8. The van der Waals surface area contributed by atoms with Gasteiger partial charge in [-0.25, -0.2) is 4.79 Å². The summed E-state index contributed by atoms with van der Waals surface area (Å²) < 4.78 is 12.6. The first-order valence-electron chi connectivity index (χ1n) is 17.7. The van der Waals surface area contributed by atoms with E-state index in [1.54, 1.807) is 0 Å². The third-order valence-electron chi connectivity index (χ3n) is 11.0. The van der Waals surface area contributed by atoms with E-state index in [9.17, 15) is 9.59 Å². The predicted octanol–water partition coefficient (Wildman–Crippen LogP) is 9.14. The maximum Gasteiger partial charge on any atom is 0.334 e. The second kappa shape index (κ2) is 14.7. The first-order valence-corrected chi connectivity index (χ1v) is 20.3. The van der Waals surface area contributed by atoms with E-state index in [2.05, 4.69) is 88.0 Å². The summed E-state index contributed by atoms with van der Waals surface area (Å²) in [7, 11) is -1.40. The summed E-state index contributed by atoms with van der Waals surface area (Å²) in [5.74, 6) is -0.632. The molecule has 5 unspecified atom stereocenters. The van der Waals surface area contributed by atoms with E-state index in [1.807, 2.05) is 60.4 Å². The molecular weight excluding hydrogens is 693 g/mol. The van der Waals surface area contributed by atoms with Gasteiger partial charge in [-0.15, -0.1) is 0 Å². The Morgan fingerprint density at radius 3 is 2.04 bits per heavy atom. The van der Waals surface area contributed by atoms with Crippen LogP contribution >= 0.6 is 23.2 Å². The molecule has 8 heteroatoms. The smallest absolute Gasteiger partial charge is 0.334 e. The second-order valence-electron chi connectivity index (χ2n) is 15.3. The zero-order valence-electron chi connectivity index (χ0n) is 30.1. The SMILES string of the molecule is C=C(C(=O)OC)C1(C)CC(c2cccc(Cl)c2)C(c2ccc(Cl)cc2)N(CCC2CC2O[Si](c2ccccc2)(c2ccccc2)C(C)(C)C)C1=O. The van der Waals surface area contributed by atoms with Crippen molar-refractivity contribution in [1.29, 1.82) is 0 Å². The number of halogens is 2. The van der Waals surface area contributed by atoms with Gasteiger partial charge in [0.25, 0.3) is 8.32 Å². The van der Waals surface area contributed by atoms with E-state index >= 15 is 0 Å². The molecule has 1 aliphatic heterocycles. The lowest BCUT2D eigenvalue weighted by molar-refractivity contribution is -0.152. The number of benzene rings is 4. The summed E-state index contributed by atoms with van der Waals surface area (Å²) >= 11 is 12.9. The molecule has 4 aromatic rings. The van der Waals surface area contributed by atoms with Gasteiger partial charge in [0.1, 0.15) is 0 Å². The number of hydrogen-bond acceptors (Lipinski definition) is 4. The van der Waals surface area contributed by atoms with Crippen LogP contribution in [0, 0.1) is 11.3 Å². The lowest BCUT2D eigenvalue weighted by atomic mass is 9.66. The largest absolute Gasteiger partial charge is 0.466 e. The van der Waals surface area contributed by atoms with Crippen LogP contribution in [-0.4, -0.2) is 44.9 Å². The van der Waals surface area contributed by atoms with Gasteiger partial charge in [-0.3, -0.25) is 4.79 Å².